The lowest BCUT2D eigenvalue weighted by molar-refractivity contribution is -0.137. The SMILES string of the molecule is CCC(NS(=O)(=O)N(C)CCC(=O)O)c1ncc[nH]1. The number of imidazole rings is 1. The smallest absolute Gasteiger partial charge is 0.304 e. The number of hydrogen-bond donors (Lipinski definition) is 3. The van der Waals surface area contributed by atoms with Gasteiger partial charge in [-0.05, 0) is 6.42 Å². The third-order valence-corrected chi connectivity index (χ3v) is 4.19. The molecule has 0 aliphatic heterocycles. The number of nitrogens with one attached hydrogen (secondary N) is 2. The van der Waals surface area contributed by atoms with E-state index in [9.17, 15) is 13.2 Å². The predicted octanol–water partition coefficient (Wildman–Crippen LogP) is 0.102. The van der Waals surface area contributed by atoms with Gasteiger partial charge in [-0.2, -0.15) is 17.4 Å². The van der Waals surface area contributed by atoms with Crippen molar-refractivity contribution in [2.75, 3.05) is 13.6 Å². The molecule has 0 aliphatic carbocycles. The minimum atomic E-state index is -3.73. The van der Waals surface area contributed by atoms with Gasteiger partial charge in [-0.25, -0.2) is 4.98 Å². The molecule has 0 bridgehead atoms. The highest BCUT2D eigenvalue weighted by molar-refractivity contribution is 7.87. The van der Waals surface area contributed by atoms with Crippen molar-refractivity contribution < 1.29 is 18.3 Å². The van der Waals surface area contributed by atoms with Crippen LogP contribution in [-0.4, -0.2) is 47.4 Å². The normalized spacial score (nSPS) is 13.6. The zero-order valence-electron chi connectivity index (χ0n) is 10.8. The number of H-pyrrole nitrogens is 1. The monoisotopic (exact) mass is 290 g/mol. The summed E-state index contributed by atoms with van der Waals surface area (Å²) in [6.07, 6.45) is 3.44. The molecule has 1 atom stereocenters. The molecule has 0 radical (unpaired) electrons. The molecule has 0 saturated heterocycles. The first kappa shape index (κ1) is 15.6. The van der Waals surface area contributed by atoms with Crippen molar-refractivity contribution in [3.8, 4) is 0 Å². The minimum absolute atomic E-state index is 0.0841. The highest BCUT2D eigenvalue weighted by atomic mass is 32.2. The van der Waals surface area contributed by atoms with Crippen molar-refractivity contribution in [3.63, 3.8) is 0 Å². The molecular weight excluding hydrogens is 272 g/mol. The van der Waals surface area contributed by atoms with Gasteiger partial charge in [0.25, 0.3) is 10.2 Å². The molecule has 0 fully saturated rings. The van der Waals surface area contributed by atoms with Crippen molar-refractivity contribution in [1.29, 1.82) is 0 Å². The van der Waals surface area contributed by atoms with E-state index in [0.29, 0.717) is 12.2 Å². The van der Waals surface area contributed by atoms with Crippen LogP contribution in [0.25, 0.3) is 0 Å². The van der Waals surface area contributed by atoms with E-state index >= 15 is 0 Å². The van der Waals surface area contributed by atoms with E-state index in [2.05, 4.69) is 14.7 Å². The second kappa shape index (κ2) is 6.64. The number of carboxylic acids is 1. The summed E-state index contributed by atoms with van der Waals surface area (Å²) < 4.78 is 27.4. The third-order valence-electron chi connectivity index (χ3n) is 2.60. The average Bonchev–Trinajstić information content (AvgIpc) is 2.86. The van der Waals surface area contributed by atoms with Gasteiger partial charge in [0.2, 0.25) is 0 Å². The predicted molar refractivity (Wildman–Crippen MR) is 68.6 cm³/mol. The summed E-state index contributed by atoms with van der Waals surface area (Å²) in [5.74, 6) is -0.516. The van der Waals surface area contributed by atoms with Crippen LogP contribution in [0.5, 0.6) is 0 Å². The van der Waals surface area contributed by atoms with E-state index in [0.717, 1.165) is 4.31 Å². The van der Waals surface area contributed by atoms with Crippen LogP contribution < -0.4 is 4.72 Å². The van der Waals surface area contributed by atoms with Gasteiger partial charge in [0.1, 0.15) is 5.82 Å². The van der Waals surface area contributed by atoms with Crippen LogP contribution in [0, 0.1) is 0 Å². The molecule has 1 heterocycles. The maximum atomic E-state index is 12.0. The Bertz CT molecular complexity index is 500. The van der Waals surface area contributed by atoms with Gasteiger partial charge in [0, 0.05) is 26.0 Å². The Balaban J connectivity index is 2.69. The van der Waals surface area contributed by atoms with E-state index in [1.807, 2.05) is 6.92 Å². The molecule has 0 spiro atoms. The number of carbonyl (C=O) groups is 1. The van der Waals surface area contributed by atoms with Gasteiger partial charge in [-0.3, -0.25) is 4.79 Å². The van der Waals surface area contributed by atoms with E-state index < -0.39 is 22.2 Å². The molecular formula is C10H18N4O4S. The Labute approximate surface area is 112 Å². The maximum absolute atomic E-state index is 12.0. The minimum Gasteiger partial charge on any atom is -0.481 e. The van der Waals surface area contributed by atoms with Crippen molar-refractivity contribution in [3.05, 3.63) is 18.2 Å². The topological polar surface area (TPSA) is 115 Å². The van der Waals surface area contributed by atoms with Gasteiger partial charge in [0.05, 0.1) is 12.5 Å². The zero-order valence-corrected chi connectivity index (χ0v) is 11.6. The fourth-order valence-electron chi connectivity index (χ4n) is 1.44. The number of carboxylic acid groups (broad SMARTS) is 1. The standard InChI is InChI=1S/C10H18N4O4S/c1-3-8(10-11-5-6-12-10)13-19(17,18)14(2)7-4-9(15)16/h5-6,8,13H,3-4,7H2,1-2H3,(H,11,12)(H,15,16). The number of rotatable bonds is 8. The Morgan fingerprint density at radius 3 is 2.79 bits per heavy atom. The van der Waals surface area contributed by atoms with Crippen LogP contribution in [0.2, 0.25) is 0 Å². The molecule has 3 N–H and O–H groups in total. The Morgan fingerprint density at radius 2 is 2.32 bits per heavy atom. The van der Waals surface area contributed by atoms with Crippen molar-refractivity contribution >= 4 is 16.2 Å². The molecule has 0 aromatic carbocycles. The highest BCUT2D eigenvalue weighted by Gasteiger charge is 2.24. The molecule has 19 heavy (non-hydrogen) atoms. The van der Waals surface area contributed by atoms with E-state index in [1.54, 1.807) is 12.4 Å². The highest BCUT2D eigenvalue weighted by Crippen LogP contribution is 2.13. The third kappa shape index (κ3) is 4.62. The largest absolute Gasteiger partial charge is 0.481 e. The van der Waals surface area contributed by atoms with E-state index in [-0.39, 0.29) is 13.0 Å². The number of hydrogen-bond acceptors (Lipinski definition) is 4. The van der Waals surface area contributed by atoms with Crippen LogP contribution >= 0.6 is 0 Å². The summed E-state index contributed by atoms with van der Waals surface area (Å²) in [7, 11) is -2.40. The van der Waals surface area contributed by atoms with Crippen LogP contribution in [0.1, 0.15) is 31.6 Å². The van der Waals surface area contributed by atoms with Crippen molar-refractivity contribution in [2.24, 2.45) is 0 Å². The van der Waals surface area contributed by atoms with Crippen LogP contribution in [-0.2, 0) is 15.0 Å². The molecule has 0 saturated carbocycles. The maximum Gasteiger partial charge on any atom is 0.304 e. The van der Waals surface area contributed by atoms with Gasteiger partial charge >= 0.3 is 5.97 Å². The molecule has 108 valence electrons. The van der Waals surface area contributed by atoms with Gasteiger partial charge in [0.15, 0.2) is 0 Å². The van der Waals surface area contributed by atoms with E-state index in [4.69, 9.17) is 5.11 Å². The number of aliphatic carboxylic acids is 1. The van der Waals surface area contributed by atoms with Crippen LogP contribution in [0.3, 0.4) is 0 Å². The number of nitrogens with zero attached hydrogens (tertiary/aromatic N) is 2. The first-order valence-corrected chi connectivity index (χ1v) is 7.25. The summed E-state index contributed by atoms with van der Waals surface area (Å²) in [6, 6.07) is -0.465. The fraction of sp³-hybridized carbons (Fsp3) is 0.600. The average molecular weight is 290 g/mol. The Kier molecular flexibility index (Phi) is 5.45. The zero-order chi connectivity index (χ0) is 14.5. The molecule has 1 rings (SSSR count). The van der Waals surface area contributed by atoms with Crippen molar-refractivity contribution in [1.82, 2.24) is 19.0 Å². The summed E-state index contributed by atoms with van der Waals surface area (Å²) in [6.45, 7) is 1.74. The number of aromatic amines is 1. The summed E-state index contributed by atoms with van der Waals surface area (Å²) in [5.41, 5.74) is 0. The van der Waals surface area contributed by atoms with Crippen LogP contribution in [0.4, 0.5) is 0 Å². The summed E-state index contributed by atoms with van der Waals surface area (Å²) in [4.78, 5) is 17.3. The van der Waals surface area contributed by atoms with Crippen molar-refractivity contribution in [2.45, 2.75) is 25.8 Å². The first-order valence-electron chi connectivity index (χ1n) is 5.81. The lowest BCUT2D eigenvalue weighted by Crippen LogP contribution is -2.41. The molecule has 0 aliphatic rings. The van der Waals surface area contributed by atoms with Gasteiger partial charge < -0.3 is 10.1 Å². The molecule has 1 unspecified atom stereocenters. The van der Waals surface area contributed by atoms with Crippen LogP contribution in [0.15, 0.2) is 12.4 Å². The molecule has 1 aromatic rings. The second-order valence-corrected chi connectivity index (χ2v) is 5.83. The lowest BCUT2D eigenvalue weighted by Gasteiger charge is -2.21. The summed E-state index contributed by atoms with van der Waals surface area (Å²) in [5, 5.41) is 8.55. The lowest BCUT2D eigenvalue weighted by atomic mass is 10.2. The molecule has 1 aromatic heterocycles. The van der Waals surface area contributed by atoms with Gasteiger partial charge in [-0.1, -0.05) is 6.92 Å². The molecule has 0 amide bonds. The summed E-state index contributed by atoms with van der Waals surface area (Å²) >= 11 is 0. The van der Waals surface area contributed by atoms with E-state index in [1.165, 1.54) is 7.05 Å². The first-order chi connectivity index (χ1) is 8.86. The second-order valence-electron chi connectivity index (χ2n) is 4.02. The fourth-order valence-corrected chi connectivity index (χ4v) is 2.59. The Hall–Kier alpha value is -1.45. The number of aromatic nitrogens is 2. The molecule has 8 nitrogen and oxygen atoms in total. The molecule has 9 heteroatoms. The Morgan fingerprint density at radius 1 is 1.63 bits per heavy atom. The van der Waals surface area contributed by atoms with Gasteiger partial charge in [-0.15, -0.1) is 0 Å². The quantitative estimate of drug-likeness (QED) is 0.628.